The number of hydrogen-bond donors (Lipinski definition) is 1. The third-order valence-corrected chi connectivity index (χ3v) is 6.04. The van der Waals surface area contributed by atoms with Gasteiger partial charge in [-0.2, -0.15) is 0 Å². The van der Waals surface area contributed by atoms with Gasteiger partial charge in [-0.25, -0.2) is 8.78 Å². The summed E-state index contributed by atoms with van der Waals surface area (Å²) in [6.07, 6.45) is 2.04. The monoisotopic (exact) mass is 463 g/mol. The van der Waals surface area contributed by atoms with Crippen molar-refractivity contribution >= 4 is 11.8 Å². The van der Waals surface area contributed by atoms with Gasteiger partial charge in [-0.05, 0) is 68.7 Å². The highest BCUT2D eigenvalue weighted by molar-refractivity contribution is 5.99. The number of benzene rings is 2. The van der Waals surface area contributed by atoms with Crippen molar-refractivity contribution in [2.45, 2.75) is 44.7 Å². The maximum Gasteiger partial charge on any atom is 0.255 e. The summed E-state index contributed by atoms with van der Waals surface area (Å²) >= 11 is 0. The molecule has 34 heavy (non-hydrogen) atoms. The van der Waals surface area contributed by atoms with Crippen LogP contribution in [0.5, 0.6) is 0 Å². The second-order valence-electron chi connectivity index (χ2n) is 9.08. The molecule has 1 atom stereocenters. The second kappa shape index (κ2) is 9.71. The average Bonchev–Trinajstić information content (AvgIpc) is 3.28. The molecule has 0 bridgehead atoms. The van der Waals surface area contributed by atoms with Crippen LogP contribution in [0.15, 0.2) is 66.7 Å². The van der Waals surface area contributed by atoms with E-state index in [9.17, 15) is 18.4 Å². The number of nitrogens with zero attached hydrogens (tertiary/aromatic N) is 2. The lowest BCUT2D eigenvalue weighted by atomic mass is 10.0. The smallest absolute Gasteiger partial charge is 0.255 e. The summed E-state index contributed by atoms with van der Waals surface area (Å²) in [5, 5.41) is 2.69. The molecule has 0 aliphatic carbocycles. The van der Waals surface area contributed by atoms with Crippen molar-refractivity contribution in [3.63, 3.8) is 0 Å². The maximum atomic E-state index is 14.0. The van der Waals surface area contributed by atoms with E-state index in [0.29, 0.717) is 13.0 Å². The molecule has 4 rings (SSSR count). The SMILES string of the molecule is CC(C)(NC(=O)c1ccccc1F)C(=O)N1CCC[C@H]1c1cccc(Cc2cccc(F)c2)n1. The van der Waals surface area contributed by atoms with E-state index < -0.39 is 17.3 Å². The summed E-state index contributed by atoms with van der Waals surface area (Å²) in [5.41, 5.74) is 1.03. The van der Waals surface area contributed by atoms with Crippen LogP contribution in [0.1, 0.15) is 60.0 Å². The Morgan fingerprint density at radius 3 is 2.59 bits per heavy atom. The van der Waals surface area contributed by atoms with Crippen LogP contribution in [0.2, 0.25) is 0 Å². The molecule has 0 spiro atoms. The molecule has 7 heteroatoms. The Morgan fingerprint density at radius 2 is 1.82 bits per heavy atom. The Balaban J connectivity index is 1.51. The highest BCUT2D eigenvalue weighted by atomic mass is 19.1. The average molecular weight is 464 g/mol. The lowest BCUT2D eigenvalue weighted by Crippen LogP contribution is -2.55. The van der Waals surface area contributed by atoms with E-state index in [0.717, 1.165) is 29.8 Å². The molecule has 3 aromatic rings. The van der Waals surface area contributed by atoms with E-state index in [1.807, 2.05) is 24.3 Å². The molecule has 5 nitrogen and oxygen atoms in total. The molecule has 1 fully saturated rings. The topological polar surface area (TPSA) is 62.3 Å². The first-order valence-electron chi connectivity index (χ1n) is 11.3. The highest BCUT2D eigenvalue weighted by Gasteiger charge is 2.40. The summed E-state index contributed by atoms with van der Waals surface area (Å²) < 4.78 is 27.6. The zero-order chi connectivity index (χ0) is 24.3. The summed E-state index contributed by atoms with van der Waals surface area (Å²) in [6, 6.07) is 17.5. The Hall–Kier alpha value is -3.61. The maximum absolute atomic E-state index is 14.0. The van der Waals surface area contributed by atoms with Crippen molar-refractivity contribution < 1.29 is 18.4 Å². The van der Waals surface area contributed by atoms with Gasteiger partial charge >= 0.3 is 0 Å². The van der Waals surface area contributed by atoms with E-state index >= 15 is 0 Å². The number of rotatable bonds is 6. The van der Waals surface area contributed by atoms with Gasteiger partial charge in [0.2, 0.25) is 5.91 Å². The Morgan fingerprint density at radius 1 is 1.06 bits per heavy atom. The van der Waals surface area contributed by atoms with Gasteiger partial charge in [0.05, 0.1) is 17.3 Å². The molecule has 1 saturated heterocycles. The van der Waals surface area contributed by atoms with Crippen LogP contribution in [-0.2, 0) is 11.2 Å². The molecule has 2 aromatic carbocycles. The van der Waals surface area contributed by atoms with E-state index in [4.69, 9.17) is 4.98 Å². The van der Waals surface area contributed by atoms with Gasteiger partial charge in [0.15, 0.2) is 0 Å². The minimum atomic E-state index is -1.23. The first-order chi connectivity index (χ1) is 16.2. The summed E-state index contributed by atoms with van der Waals surface area (Å²) in [4.78, 5) is 32.6. The third-order valence-electron chi connectivity index (χ3n) is 6.04. The fraction of sp³-hybridized carbons (Fsp3) is 0.296. The standard InChI is InChI=1S/C27H27F2N3O2/c1-27(2,31-25(33)21-11-3-4-12-22(21)29)26(34)32-15-7-14-24(32)23-13-6-10-20(30-23)17-18-8-5-9-19(28)16-18/h3-6,8-13,16,24H,7,14-15,17H2,1-2H3,(H,31,33)/t24-/m0/s1. The number of amides is 2. The van der Waals surface area contributed by atoms with E-state index in [2.05, 4.69) is 5.32 Å². The van der Waals surface area contributed by atoms with Crippen LogP contribution in [0.3, 0.4) is 0 Å². The quantitative estimate of drug-likeness (QED) is 0.570. The van der Waals surface area contributed by atoms with Gasteiger partial charge in [0.25, 0.3) is 5.91 Å². The molecular weight excluding hydrogens is 436 g/mol. The van der Waals surface area contributed by atoms with Gasteiger partial charge in [-0.1, -0.05) is 30.3 Å². The largest absolute Gasteiger partial charge is 0.338 e. The fourth-order valence-electron chi connectivity index (χ4n) is 4.36. The number of halogens is 2. The number of carbonyl (C=O) groups is 2. The Labute approximate surface area is 197 Å². The Kier molecular flexibility index (Phi) is 6.72. The predicted octanol–water partition coefficient (Wildman–Crippen LogP) is 4.82. The predicted molar refractivity (Wildman–Crippen MR) is 125 cm³/mol. The third kappa shape index (κ3) is 5.14. The van der Waals surface area contributed by atoms with Gasteiger partial charge in [0.1, 0.15) is 17.2 Å². The molecule has 2 heterocycles. The van der Waals surface area contributed by atoms with Crippen molar-refractivity contribution in [1.29, 1.82) is 0 Å². The van der Waals surface area contributed by atoms with Crippen molar-refractivity contribution in [3.05, 3.63) is 101 Å². The summed E-state index contributed by atoms with van der Waals surface area (Å²) in [5.74, 6) is -1.82. The molecule has 1 aromatic heterocycles. The van der Waals surface area contributed by atoms with Crippen LogP contribution in [0, 0.1) is 11.6 Å². The first-order valence-corrected chi connectivity index (χ1v) is 11.3. The number of hydrogen-bond acceptors (Lipinski definition) is 3. The first kappa shape index (κ1) is 23.5. The molecule has 176 valence electrons. The lowest BCUT2D eigenvalue weighted by molar-refractivity contribution is -0.137. The molecule has 0 radical (unpaired) electrons. The number of aromatic nitrogens is 1. The van der Waals surface area contributed by atoms with E-state index in [1.54, 1.807) is 30.9 Å². The zero-order valence-electron chi connectivity index (χ0n) is 19.2. The molecule has 1 aliphatic heterocycles. The van der Waals surface area contributed by atoms with Gasteiger partial charge in [-0.3, -0.25) is 14.6 Å². The van der Waals surface area contributed by atoms with Crippen LogP contribution < -0.4 is 5.32 Å². The molecule has 1 aliphatic rings. The van der Waals surface area contributed by atoms with Crippen LogP contribution >= 0.6 is 0 Å². The number of carbonyl (C=O) groups excluding carboxylic acids is 2. The summed E-state index contributed by atoms with van der Waals surface area (Å²) in [7, 11) is 0. The number of pyridine rings is 1. The molecule has 0 unspecified atom stereocenters. The van der Waals surface area contributed by atoms with Crippen LogP contribution in [0.25, 0.3) is 0 Å². The second-order valence-corrected chi connectivity index (χ2v) is 9.08. The van der Waals surface area contributed by atoms with Gasteiger partial charge < -0.3 is 10.2 Å². The van der Waals surface area contributed by atoms with E-state index in [1.165, 1.54) is 30.3 Å². The fourth-order valence-corrected chi connectivity index (χ4v) is 4.36. The minimum Gasteiger partial charge on any atom is -0.338 e. The van der Waals surface area contributed by atoms with Crippen molar-refractivity contribution in [2.75, 3.05) is 6.54 Å². The molecule has 2 amide bonds. The van der Waals surface area contributed by atoms with Crippen molar-refractivity contribution in [2.24, 2.45) is 0 Å². The number of likely N-dealkylation sites (tertiary alicyclic amines) is 1. The van der Waals surface area contributed by atoms with E-state index in [-0.39, 0.29) is 23.3 Å². The molecular formula is C27H27F2N3O2. The lowest BCUT2D eigenvalue weighted by Gasteiger charge is -2.33. The highest BCUT2D eigenvalue weighted by Crippen LogP contribution is 2.33. The zero-order valence-corrected chi connectivity index (χ0v) is 19.2. The molecule has 0 saturated carbocycles. The van der Waals surface area contributed by atoms with Gasteiger partial charge in [-0.15, -0.1) is 0 Å². The minimum absolute atomic E-state index is 0.104. The van der Waals surface area contributed by atoms with Crippen LogP contribution in [-0.4, -0.2) is 33.8 Å². The summed E-state index contributed by atoms with van der Waals surface area (Å²) in [6.45, 7) is 3.78. The molecule has 1 N–H and O–H groups in total. The number of nitrogens with one attached hydrogen (secondary N) is 1. The van der Waals surface area contributed by atoms with Crippen molar-refractivity contribution in [3.8, 4) is 0 Å². The van der Waals surface area contributed by atoms with Gasteiger partial charge in [0, 0.05) is 18.7 Å². The Bertz CT molecular complexity index is 1210. The van der Waals surface area contributed by atoms with Crippen LogP contribution in [0.4, 0.5) is 8.78 Å². The normalized spacial score (nSPS) is 15.9. The van der Waals surface area contributed by atoms with Crippen molar-refractivity contribution in [1.82, 2.24) is 15.2 Å².